The Bertz CT molecular complexity index is 867. The number of aryl methyl sites for hydroxylation is 2. The van der Waals surface area contributed by atoms with Crippen LogP contribution < -0.4 is 5.32 Å². The van der Waals surface area contributed by atoms with Crippen molar-refractivity contribution in [3.8, 4) is 11.4 Å². The second-order valence-corrected chi connectivity index (χ2v) is 5.82. The summed E-state index contributed by atoms with van der Waals surface area (Å²) in [5.74, 6) is 0.412. The Morgan fingerprint density at radius 3 is 2.58 bits per heavy atom. The summed E-state index contributed by atoms with van der Waals surface area (Å²) in [6.07, 6.45) is 0. The monoisotopic (exact) mass is 321 g/mol. The number of nitrogens with one attached hydrogen (secondary N) is 1. The van der Waals surface area contributed by atoms with Gasteiger partial charge in [-0.1, -0.05) is 42.0 Å². The minimum atomic E-state index is -0.163. The highest BCUT2D eigenvalue weighted by atomic mass is 16.2. The largest absolute Gasteiger partial charge is 0.324 e. The summed E-state index contributed by atoms with van der Waals surface area (Å²) < 4.78 is 1.51. The van der Waals surface area contributed by atoms with Gasteiger partial charge in [0.1, 0.15) is 6.54 Å². The number of hydrogen-bond donors (Lipinski definition) is 1. The van der Waals surface area contributed by atoms with E-state index < -0.39 is 0 Å². The Morgan fingerprint density at radius 2 is 1.83 bits per heavy atom. The highest BCUT2D eigenvalue weighted by Crippen LogP contribution is 2.19. The third-order valence-corrected chi connectivity index (χ3v) is 4.01. The third-order valence-electron chi connectivity index (χ3n) is 4.01. The van der Waals surface area contributed by atoms with Gasteiger partial charge >= 0.3 is 0 Å². The highest BCUT2D eigenvalue weighted by molar-refractivity contribution is 5.91. The summed E-state index contributed by atoms with van der Waals surface area (Å²) in [6.45, 7) is 6.08. The number of aromatic nitrogens is 4. The average Bonchev–Trinajstić information content (AvgIpc) is 3.00. The van der Waals surface area contributed by atoms with Crippen LogP contribution in [0.15, 0.2) is 42.5 Å². The second kappa shape index (κ2) is 6.62. The van der Waals surface area contributed by atoms with Crippen LogP contribution in [-0.4, -0.2) is 26.1 Å². The zero-order valence-corrected chi connectivity index (χ0v) is 13.9. The molecule has 0 bridgehead atoms. The molecule has 0 spiro atoms. The lowest BCUT2D eigenvalue weighted by molar-refractivity contribution is -0.116. The molecular formula is C18H19N5O. The molecule has 3 rings (SSSR count). The minimum absolute atomic E-state index is 0.0591. The molecule has 0 aliphatic carbocycles. The summed E-state index contributed by atoms with van der Waals surface area (Å²) in [5, 5.41) is 14.6. The fourth-order valence-electron chi connectivity index (χ4n) is 2.43. The van der Waals surface area contributed by atoms with E-state index in [-0.39, 0.29) is 12.5 Å². The first-order valence-electron chi connectivity index (χ1n) is 7.74. The molecule has 1 heterocycles. The van der Waals surface area contributed by atoms with Crippen molar-refractivity contribution < 1.29 is 4.79 Å². The molecule has 0 saturated heterocycles. The van der Waals surface area contributed by atoms with Crippen molar-refractivity contribution in [1.29, 1.82) is 0 Å². The number of tetrazole rings is 1. The molecule has 0 saturated carbocycles. The van der Waals surface area contributed by atoms with Gasteiger partial charge in [0.2, 0.25) is 5.91 Å². The maximum Gasteiger partial charge on any atom is 0.246 e. The predicted octanol–water partition coefficient (Wildman–Crippen LogP) is 2.90. The van der Waals surface area contributed by atoms with Crippen molar-refractivity contribution in [2.24, 2.45) is 0 Å². The molecule has 1 amide bonds. The Balaban J connectivity index is 1.77. The zero-order valence-electron chi connectivity index (χ0n) is 13.9. The molecule has 0 aliphatic heterocycles. The van der Waals surface area contributed by atoms with Crippen LogP contribution in [0.1, 0.15) is 16.7 Å². The Morgan fingerprint density at radius 1 is 1.08 bits per heavy atom. The second-order valence-electron chi connectivity index (χ2n) is 5.82. The van der Waals surface area contributed by atoms with E-state index in [0.29, 0.717) is 5.82 Å². The molecule has 0 fully saturated rings. The van der Waals surface area contributed by atoms with Gasteiger partial charge in [-0.15, -0.1) is 5.10 Å². The molecule has 6 heteroatoms. The van der Waals surface area contributed by atoms with Gasteiger partial charge in [0, 0.05) is 11.3 Å². The van der Waals surface area contributed by atoms with Crippen molar-refractivity contribution in [2.75, 3.05) is 5.32 Å². The number of benzene rings is 2. The summed E-state index contributed by atoms with van der Waals surface area (Å²) in [7, 11) is 0. The third kappa shape index (κ3) is 3.32. The Kier molecular flexibility index (Phi) is 4.37. The fourth-order valence-corrected chi connectivity index (χ4v) is 2.43. The SMILES string of the molecule is Cc1ccc(-c2nnnn2CC(=O)Nc2cccc(C)c2C)cc1. The molecule has 6 nitrogen and oxygen atoms in total. The van der Waals surface area contributed by atoms with Gasteiger partial charge in [-0.3, -0.25) is 4.79 Å². The topological polar surface area (TPSA) is 72.7 Å². The quantitative estimate of drug-likeness (QED) is 0.802. The van der Waals surface area contributed by atoms with Gasteiger partial charge < -0.3 is 5.32 Å². The highest BCUT2D eigenvalue weighted by Gasteiger charge is 2.13. The lowest BCUT2D eigenvalue weighted by atomic mass is 10.1. The van der Waals surface area contributed by atoms with Gasteiger partial charge in [-0.2, -0.15) is 0 Å². The number of amides is 1. The molecule has 2 aromatic carbocycles. The molecule has 0 unspecified atom stereocenters. The predicted molar refractivity (Wildman–Crippen MR) is 92.5 cm³/mol. The zero-order chi connectivity index (χ0) is 17.1. The molecule has 0 aliphatic rings. The van der Waals surface area contributed by atoms with Crippen LogP contribution in [-0.2, 0) is 11.3 Å². The van der Waals surface area contributed by atoms with Crippen molar-refractivity contribution >= 4 is 11.6 Å². The minimum Gasteiger partial charge on any atom is -0.324 e. The van der Waals surface area contributed by atoms with Gasteiger partial charge in [0.25, 0.3) is 0 Å². The lowest BCUT2D eigenvalue weighted by Crippen LogP contribution is -2.20. The molecule has 1 aromatic heterocycles. The van der Waals surface area contributed by atoms with E-state index in [1.165, 1.54) is 4.68 Å². The summed E-state index contributed by atoms with van der Waals surface area (Å²) in [4.78, 5) is 12.4. The van der Waals surface area contributed by atoms with Crippen LogP contribution in [0.3, 0.4) is 0 Å². The van der Waals surface area contributed by atoms with Crippen molar-refractivity contribution in [2.45, 2.75) is 27.3 Å². The molecule has 3 aromatic rings. The smallest absolute Gasteiger partial charge is 0.246 e. The number of rotatable bonds is 4. The van der Waals surface area contributed by atoms with Crippen LogP contribution in [0.5, 0.6) is 0 Å². The Labute approximate surface area is 140 Å². The van der Waals surface area contributed by atoms with Crippen molar-refractivity contribution in [3.05, 3.63) is 59.2 Å². The standard InChI is InChI=1S/C18H19N5O/c1-12-7-9-15(10-8-12)18-20-21-22-23(18)11-17(24)19-16-6-4-5-13(2)14(16)3/h4-10H,11H2,1-3H3,(H,19,24). The van der Waals surface area contributed by atoms with E-state index >= 15 is 0 Å². The van der Waals surface area contributed by atoms with Crippen LogP contribution in [0, 0.1) is 20.8 Å². The number of hydrogen-bond acceptors (Lipinski definition) is 4. The first-order valence-corrected chi connectivity index (χ1v) is 7.74. The Hall–Kier alpha value is -3.02. The molecule has 1 N–H and O–H groups in total. The summed E-state index contributed by atoms with van der Waals surface area (Å²) >= 11 is 0. The average molecular weight is 321 g/mol. The number of carbonyl (C=O) groups is 1. The molecular weight excluding hydrogens is 302 g/mol. The summed E-state index contributed by atoms with van der Waals surface area (Å²) in [6, 6.07) is 13.7. The lowest BCUT2D eigenvalue weighted by Gasteiger charge is -2.10. The van der Waals surface area contributed by atoms with Crippen molar-refractivity contribution in [3.63, 3.8) is 0 Å². The van der Waals surface area contributed by atoms with Gasteiger partial charge in [-0.05, 0) is 48.4 Å². The van der Waals surface area contributed by atoms with Crippen LogP contribution in [0.4, 0.5) is 5.69 Å². The maximum absolute atomic E-state index is 12.4. The van der Waals surface area contributed by atoms with E-state index in [1.54, 1.807) is 0 Å². The van der Waals surface area contributed by atoms with E-state index in [9.17, 15) is 4.79 Å². The van der Waals surface area contributed by atoms with Crippen LogP contribution >= 0.6 is 0 Å². The first kappa shape index (κ1) is 15.9. The van der Waals surface area contributed by atoms with E-state index in [2.05, 4.69) is 20.8 Å². The van der Waals surface area contributed by atoms with Crippen molar-refractivity contribution in [1.82, 2.24) is 20.2 Å². The van der Waals surface area contributed by atoms with E-state index in [0.717, 1.165) is 27.9 Å². The maximum atomic E-state index is 12.4. The van der Waals surface area contributed by atoms with Gasteiger partial charge in [0.05, 0.1) is 0 Å². The molecule has 24 heavy (non-hydrogen) atoms. The number of nitrogens with zero attached hydrogens (tertiary/aromatic N) is 4. The molecule has 0 radical (unpaired) electrons. The van der Waals surface area contributed by atoms with Crippen LogP contribution in [0.2, 0.25) is 0 Å². The number of anilines is 1. The van der Waals surface area contributed by atoms with Gasteiger partial charge in [0.15, 0.2) is 5.82 Å². The first-order chi connectivity index (χ1) is 11.5. The van der Waals surface area contributed by atoms with Crippen LogP contribution in [0.25, 0.3) is 11.4 Å². The van der Waals surface area contributed by atoms with E-state index in [4.69, 9.17) is 0 Å². The molecule has 122 valence electrons. The van der Waals surface area contributed by atoms with E-state index in [1.807, 2.05) is 63.2 Å². The summed E-state index contributed by atoms with van der Waals surface area (Å²) in [5.41, 5.74) is 5.04. The van der Waals surface area contributed by atoms with Gasteiger partial charge in [-0.25, -0.2) is 4.68 Å². The normalized spacial score (nSPS) is 10.6. The number of carbonyl (C=O) groups excluding carboxylic acids is 1. The molecule has 0 atom stereocenters. The fraction of sp³-hybridized carbons (Fsp3) is 0.222.